The number of hydrogen-bond donors (Lipinski definition) is 1. The van der Waals surface area contributed by atoms with Crippen molar-refractivity contribution in [1.82, 2.24) is 24.3 Å². The third-order valence-corrected chi connectivity index (χ3v) is 7.18. The van der Waals surface area contributed by atoms with Crippen LogP contribution < -0.4 is 5.32 Å². The number of aryl methyl sites for hydroxylation is 1. The monoisotopic (exact) mass is 381 g/mol. The van der Waals surface area contributed by atoms with Gasteiger partial charge in [-0.3, -0.25) is 9.58 Å². The third kappa shape index (κ3) is 4.03. The van der Waals surface area contributed by atoms with Gasteiger partial charge in [-0.05, 0) is 45.9 Å². The van der Waals surface area contributed by atoms with Crippen LogP contribution in [-0.4, -0.2) is 73.4 Å². The molecule has 2 aliphatic rings. The Labute approximate surface area is 157 Å². The molecule has 1 aromatic rings. The second-order valence-electron chi connectivity index (χ2n) is 7.17. The lowest BCUT2D eigenvalue weighted by Gasteiger charge is -2.26. The summed E-state index contributed by atoms with van der Waals surface area (Å²) in [6, 6.07) is 0. The average Bonchev–Trinajstić information content (AvgIpc) is 3.20. The second kappa shape index (κ2) is 8.21. The Kier molecular flexibility index (Phi) is 6.17. The Hall–Kier alpha value is -1.22. The van der Waals surface area contributed by atoms with Crippen LogP contribution in [0, 0.1) is 0 Å². The lowest BCUT2D eigenvalue weighted by atomic mass is 9.96. The molecule has 0 radical (unpaired) electrons. The fourth-order valence-corrected chi connectivity index (χ4v) is 4.85. The minimum Gasteiger partial charge on any atom is -0.318 e. The standard InChI is InChI=1S/C18H31N5O2S/c1-4-26(24,25)22-11-7-15(8-12-22)18-16(14-21(3)13-9-19-2)20-23-10-5-6-17(18)23/h7,19H,4-6,8-14H2,1-3H3. The van der Waals surface area contributed by atoms with Gasteiger partial charge < -0.3 is 5.32 Å². The van der Waals surface area contributed by atoms with Crippen LogP contribution >= 0.6 is 0 Å². The summed E-state index contributed by atoms with van der Waals surface area (Å²) in [5.74, 6) is 0.168. The maximum Gasteiger partial charge on any atom is 0.214 e. The van der Waals surface area contributed by atoms with Crippen LogP contribution in [0.25, 0.3) is 5.57 Å². The summed E-state index contributed by atoms with van der Waals surface area (Å²) in [4.78, 5) is 2.29. The van der Waals surface area contributed by atoms with Crippen molar-refractivity contribution in [2.45, 2.75) is 39.3 Å². The molecule has 0 atom stereocenters. The highest BCUT2D eigenvalue weighted by molar-refractivity contribution is 7.89. The summed E-state index contributed by atoms with van der Waals surface area (Å²) in [5, 5.41) is 8.06. The second-order valence-corrected chi connectivity index (χ2v) is 9.43. The van der Waals surface area contributed by atoms with Gasteiger partial charge in [-0.2, -0.15) is 9.40 Å². The fourth-order valence-electron chi connectivity index (χ4n) is 3.82. The van der Waals surface area contributed by atoms with Crippen LogP contribution in [0.2, 0.25) is 0 Å². The minimum absolute atomic E-state index is 0.168. The molecule has 0 spiro atoms. The number of hydrogen-bond acceptors (Lipinski definition) is 5. The van der Waals surface area contributed by atoms with Crippen molar-refractivity contribution >= 4 is 15.6 Å². The van der Waals surface area contributed by atoms with E-state index in [1.807, 2.05) is 7.05 Å². The van der Waals surface area contributed by atoms with Gasteiger partial charge in [0.05, 0.1) is 11.4 Å². The Morgan fingerprint density at radius 3 is 2.77 bits per heavy atom. The smallest absolute Gasteiger partial charge is 0.214 e. The third-order valence-electron chi connectivity index (χ3n) is 5.33. The number of likely N-dealkylation sites (N-methyl/N-ethyl adjacent to an activating group) is 2. The molecule has 3 rings (SSSR count). The quantitative estimate of drug-likeness (QED) is 0.725. The summed E-state index contributed by atoms with van der Waals surface area (Å²) in [7, 11) is 0.975. The van der Waals surface area contributed by atoms with E-state index in [0.717, 1.165) is 51.1 Å². The largest absolute Gasteiger partial charge is 0.318 e. The highest BCUT2D eigenvalue weighted by Crippen LogP contribution is 2.33. The Morgan fingerprint density at radius 2 is 2.12 bits per heavy atom. The van der Waals surface area contributed by atoms with Gasteiger partial charge in [0.1, 0.15) is 0 Å². The van der Waals surface area contributed by atoms with E-state index in [-0.39, 0.29) is 5.75 Å². The number of sulfonamides is 1. The zero-order chi connectivity index (χ0) is 18.7. The van der Waals surface area contributed by atoms with E-state index in [0.29, 0.717) is 13.1 Å². The molecule has 0 bridgehead atoms. The predicted octanol–water partition coefficient (Wildman–Crippen LogP) is 0.919. The molecule has 0 amide bonds. The molecule has 0 aromatic carbocycles. The van der Waals surface area contributed by atoms with Gasteiger partial charge in [0, 0.05) is 50.5 Å². The van der Waals surface area contributed by atoms with E-state index in [1.54, 1.807) is 11.2 Å². The molecule has 0 saturated heterocycles. The van der Waals surface area contributed by atoms with Gasteiger partial charge in [0.2, 0.25) is 10.0 Å². The number of fused-ring (bicyclic) bond motifs is 1. The summed E-state index contributed by atoms with van der Waals surface area (Å²) in [6.07, 6.45) is 5.08. The maximum absolute atomic E-state index is 12.1. The maximum atomic E-state index is 12.1. The molecule has 0 aliphatic carbocycles. The first kappa shape index (κ1) is 19.5. The van der Waals surface area contributed by atoms with Crippen LogP contribution in [0.15, 0.2) is 6.08 Å². The molecular formula is C18H31N5O2S. The van der Waals surface area contributed by atoms with Crippen molar-refractivity contribution in [2.24, 2.45) is 0 Å². The summed E-state index contributed by atoms with van der Waals surface area (Å²) in [6.45, 7) is 6.49. The molecular weight excluding hydrogens is 350 g/mol. The van der Waals surface area contributed by atoms with Gasteiger partial charge in [-0.25, -0.2) is 8.42 Å². The molecule has 8 heteroatoms. The van der Waals surface area contributed by atoms with Gasteiger partial charge in [0.25, 0.3) is 0 Å². The lowest BCUT2D eigenvalue weighted by Crippen LogP contribution is -2.35. The van der Waals surface area contributed by atoms with E-state index in [2.05, 4.69) is 28.0 Å². The summed E-state index contributed by atoms with van der Waals surface area (Å²) < 4.78 is 28.0. The first-order valence-electron chi connectivity index (χ1n) is 9.55. The molecule has 26 heavy (non-hydrogen) atoms. The zero-order valence-electron chi connectivity index (χ0n) is 16.2. The van der Waals surface area contributed by atoms with Gasteiger partial charge in [0.15, 0.2) is 0 Å². The highest BCUT2D eigenvalue weighted by Gasteiger charge is 2.28. The molecule has 2 aliphatic heterocycles. The molecule has 0 fully saturated rings. The average molecular weight is 382 g/mol. The minimum atomic E-state index is -3.11. The van der Waals surface area contributed by atoms with E-state index < -0.39 is 10.0 Å². The van der Waals surface area contributed by atoms with E-state index in [4.69, 9.17) is 5.10 Å². The molecule has 146 valence electrons. The van der Waals surface area contributed by atoms with Crippen molar-refractivity contribution < 1.29 is 8.42 Å². The molecule has 7 nitrogen and oxygen atoms in total. The Bertz CT molecular complexity index is 769. The molecule has 1 N–H and O–H groups in total. The molecule has 0 unspecified atom stereocenters. The van der Waals surface area contributed by atoms with Crippen molar-refractivity contribution in [3.63, 3.8) is 0 Å². The summed E-state index contributed by atoms with van der Waals surface area (Å²) in [5.41, 5.74) is 5.02. The number of nitrogens with one attached hydrogen (secondary N) is 1. The van der Waals surface area contributed by atoms with Gasteiger partial charge in [-0.1, -0.05) is 6.08 Å². The van der Waals surface area contributed by atoms with Crippen molar-refractivity contribution in [3.8, 4) is 0 Å². The lowest BCUT2D eigenvalue weighted by molar-refractivity contribution is 0.322. The van der Waals surface area contributed by atoms with Crippen LogP contribution in [-0.2, 0) is 29.5 Å². The summed E-state index contributed by atoms with van der Waals surface area (Å²) >= 11 is 0. The highest BCUT2D eigenvalue weighted by atomic mass is 32.2. The van der Waals surface area contributed by atoms with E-state index >= 15 is 0 Å². The van der Waals surface area contributed by atoms with Crippen LogP contribution in [0.5, 0.6) is 0 Å². The fraction of sp³-hybridized carbons (Fsp3) is 0.722. The molecule has 3 heterocycles. The van der Waals surface area contributed by atoms with Crippen LogP contribution in [0.3, 0.4) is 0 Å². The molecule has 0 saturated carbocycles. The van der Waals surface area contributed by atoms with Crippen molar-refractivity contribution in [3.05, 3.63) is 23.0 Å². The van der Waals surface area contributed by atoms with Crippen LogP contribution in [0.4, 0.5) is 0 Å². The number of rotatable bonds is 8. The van der Waals surface area contributed by atoms with Gasteiger partial charge >= 0.3 is 0 Å². The topological polar surface area (TPSA) is 70.5 Å². The Morgan fingerprint density at radius 1 is 1.31 bits per heavy atom. The zero-order valence-corrected chi connectivity index (χ0v) is 17.0. The first-order valence-corrected chi connectivity index (χ1v) is 11.2. The Balaban J connectivity index is 1.83. The first-order chi connectivity index (χ1) is 12.5. The van der Waals surface area contributed by atoms with Crippen LogP contribution in [0.1, 0.15) is 36.7 Å². The predicted molar refractivity (Wildman–Crippen MR) is 104 cm³/mol. The van der Waals surface area contributed by atoms with E-state index in [1.165, 1.54) is 16.8 Å². The van der Waals surface area contributed by atoms with Crippen molar-refractivity contribution in [2.75, 3.05) is 46.0 Å². The number of nitrogens with zero attached hydrogens (tertiary/aromatic N) is 4. The van der Waals surface area contributed by atoms with E-state index in [9.17, 15) is 8.42 Å². The number of aromatic nitrogens is 2. The molecule has 1 aromatic heterocycles. The van der Waals surface area contributed by atoms with Crippen molar-refractivity contribution in [1.29, 1.82) is 0 Å². The van der Waals surface area contributed by atoms with Gasteiger partial charge in [-0.15, -0.1) is 0 Å². The normalized spacial score (nSPS) is 18.4. The SMILES string of the molecule is CCS(=O)(=O)N1CC=C(c2c(CN(C)CCNC)nn3c2CCC3)CC1.